The molecule has 1 heterocycles. The van der Waals surface area contributed by atoms with E-state index in [2.05, 4.69) is 9.05 Å². The summed E-state index contributed by atoms with van der Waals surface area (Å²) in [6, 6.07) is 0. The van der Waals surface area contributed by atoms with Crippen LogP contribution in [-0.2, 0) is 18.2 Å². The van der Waals surface area contributed by atoms with E-state index in [-0.39, 0.29) is 13.8 Å². The number of rotatable bonds is 2. The van der Waals surface area contributed by atoms with Crippen molar-refractivity contribution in [2.45, 2.75) is 24.0 Å². The molecule has 0 bridgehead atoms. The highest BCUT2D eigenvalue weighted by molar-refractivity contribution is 7.79. The molecule has 4 unspecified atom stereocenters. The van der Waals surface area contributed by atoms with Gasteiger partial charge < -0.3 is 39.1 Å². The van der Waals surface area contributed by atoms with Crippen molar-refractivity contribution in [1.29, 1.82) is 0 Å². The first-order valence-electron chi connectivity index (χ1n) is 4.53. The summed E-state index contributed by atoms with van der Waals surface area (Å²) in [4.78, 5) is 84.4. The van der Waals surface area contributed by atoms with E-state index >= 15 is 0 Å². The predicted octanol–water partition coefficient (Wildman–Crippen LogP) is -4.56. The molecular weight excluding hydrogens is 364 g/mol. The summed E-state index contributed by atoms with van der Waals surface area (Å²) in [5.74, 6) is 0. The van der Waals surface area contributed by atoms with Crippen molar-refractivity contribution in [2.75, 3.05) is 0 Å². The van der Waals surface area contributed by atoms with Gasteiger partial charge in [0.15, 0.2) is 0 Å². The highest BCUT2D eigenvalue weighted by atomic mass is 31.3. The summed E-state index contributed by atoms with van der Waals surface area (Å²) < 4.78 is 31.2. The third kappa shape index (κ3) is 2.54. The summed E-state index contributed by atoms with van der Waals surface area (Å²) in [6.45, 7) is 0.328. The van der Waals surface area contributed by atoms with Gasteiger partial charge in [-0.05, 0) is 0 Å². The Kier molecular flexibility index (Phi) is 4.46. The quantitative estimate of drug-likeness (QED) is 0.436. The lowest BCUT2D eigenvalue weighted by molar-refractivity contribution is -0.443. The van der Waals surface area contributed by atoms with Crippen LogP contribution in [-0.4, -0.2) is 20.0 Å². The minimum Gasteiger partial charge on any atom is -0.685 e. The minimum atomic E-state index is -6.15. The standard InChI is InChI=1S/C4H12O12P4/c1-3(17(5,6)7)15-20(13,14)4(2,18(8,9)10)16-19(3,11)12/h1-2H3,(H,11,12)(H,13,14)(H2,5,6,7)(H2,8,9,10)/p-4. The van der Waals surface area contributed by atoms with Crippen molar-refractivity contribution >= 4 is 31.1 Å². The van der Waals surface area contributed by atoms with Crippen LogP contribution in [0.1, 0.15) is 13.8 Å². The van der Waals surface area contributed by atoms with Gasteiger partial charge in [-0.1, -0.05) is 0 Å². The average molecular weight is 372 g/mol. The van der Waals surface area contributed by atoms with Crippen molar-refractivity contribution < 1.29 is 57.3 Å². The van der Waals surface area contributed by atoms with Gasteiger partial charge in [-0.2, -0.15) is 0 Å². The van der Waals surface area contributed by atoms with E-state index < -0.39 is 41.2 Å². The van der Waals surface area contributed by atoms with Crippen LogP contribution in [0, 0.1) is 0 Å². The molecule has 1 rings (SSSR count). The fourth-order valence-electron chi connectivity index (χ4n) is 1.15. The molecule has 20 heavy (non-hydrogen) atoms. The van der Waals surface area contributed by atoms with E-state index in [0.29, 0.717) is 0 Å². The van der Waals surface area contributed by atoms with E-state index in [9.17, 15) is 48.3 Å². The van der Waals surface area contributed by atoms with Crippen LogP contribution in [0.3, 0.4) is 0 Å². The van der Waals surface area contributed by atoms with Crippen molar-refractivity contribution in [3.63, 3.8) is 0 Å². The Labute approximate surface area is 113 Å². The summed E-state index contributed by atoms with van der Waals surface area (Å²) >= 11 is 0. The monoisotopic (exact) mass is 372 g/mol. The highest BCUT2D eigenvalue weighted by Crippen LogP contribution is 2.86. The molecule has 1 aliphatic rings. The Hall–Kier alpha value is 0.920. The topological polar surface area (TPSA) is 231 Å². The molecule has 0 amide bonds. The van der Waals surface area contributed by atoms with Crippen LogP contribution in [0.2, 0.25) is 0 Å². The minimum absolute atomic E-state index is 0.164. The van der Waals surface area contributed by atoms with Crippen molar-refractivity contribution in [3.05, 3.63) is 0 Å². The van der Waals surface area contributed by atoms with Crippen LogP contribution in [0.25, 0.3) is 0 Å². The Morgan fingerprint density at radius 2 is 1.00 bits per heavy atom. The molecule has 12 nitrogen and oxygen atoms in total. The zero-order valence-corrected chi connectivity index (χ0v) is 13.3. The maximum Gasteiger partial charge on any atom is 0.401 e. The van der Waals surface area contributed by atoms with E-state index in [1.54, 1.807) is 0 Å². The zero-order valence-electron chi connectivity index (χ0n) is 9.77. The number of hydrogen-bond donors (Lipinski definition) is 2. The maximum absolute atomic E-state index is 11.7. The first-order chi connectivity index (χ1) is 8.41. The van der Waals surface area contributed by atoms with Crippen LogP contribution in [0.5, 0.6) is 0 Å². The van der Waals surface area contributed by atoms with Crippen LogP contribution >= 0.6 is 31.1 Å². The van der Waals surface area contributed by atoms with Gasteiger partial charge in [0.1, 0.15) is 0 Å². The molecule has 0 aliphatic carbocycles. The second kappa shape index (κ2) is 4.71. The third-order valence-corrected chi connectivity index (χ3v) is 11.9. The molecule has 1 saturated heterocycles. The van der Waals surface area contributed by atoms with Gasteiger partial charge in [0.2, 0.25) is 0 Å². The Morgan fingerprint density at radius 3 is 1.15 bits per heavy atom. The lowest BCUT2D eigenvalue weighted by Gasteiger charge is -2.62. The van der Waals surface area contributed by atoms with Crippen LogP contribution < -0.4 is 29.4 Å². The molecule has 2 N–H and O–H groups in total. The molecule has 1 fully saturated rings. The van der Waals surface area contributed by atoms with E-state index in [0.717, 1.165) is 0 Å². The molecule has 1 aliphatic heterocycles. The maximum atomic E-state index is 11.7. The second-order valence-electron chi connectivity index (χ2n) is 4.09. The molecule has 0 aromatic rings. The van der Waals surface area contributed by atoms with Gasteiger partial charge >= 0.3 is 15.2 Å². The molecule has 0 spiro atoms. The predicted molar refractivity (Wildman–Crippen MR) is 52.5 cm³/mol. The van der Waals surface area contributed by atoms with Gasteiger partial charge in [0.05, 0.1) is 0 Å². The largest absolute Gasteiger partial charge is 0.685 e. The smallest absolute Gasteiger partial charge is 0.401 e. The first-order valence-corrected chi connectivity index (χ1v) is 10.8. The molecule has 0 aromatic carbocycles. The van der Waals surface area contributed by atoms with Gasteiger partial charge in [-0.25, -0.2) is 0 Å². The van der Waals surface area contributed by atoms with Gasteiger partial charge in [0, 0.05) is 13.8 Å². The molecule has 16 heteroatoms. The highest BCUT2D eigenvalue weighted by Gasteiger charge is 2.72. The van der Waals surface area contributed by atoms with Gasteiger partial charge in [0.25, 0.3) is 10.2 Å². The van der Waals surface area contributed by atoms with E-state index in [4.69, 9.17) is 0 Å². The van der Waals surface area contributed by atoms with Crippen molar-refractivity contribution in [1.82, 2.24) is 0 Å². The van der Waals surface area contributed by atoms with E-state index in [1.807, 2.05) is 0 Å². The lowest BCUT2D eigenvalue weighted by atomic mass is 10.8. The van der Waals surface area contributed by atoms with Crippen molar-refractivity contribution in [3.8, 4) is 0 Å². The van der Waals surface area contributed by atoms with Crippen molar-refractivity contribution in [2.24, 2.45) is 0 Å². The molecule has 4 atom stereocenters. The average Bonchev–Trinajstić information content (AvgIpc) is 2.09. The molecule has 0 radical (unpaired) electrons. The molecule has 0 saturated carbocycles. The molecule has 120 valence electrons. The van der Waals surface area contributed by atoms with Crippen LogP contribution in [0.4, 0.5) is 0 Å². The van der Waals surface area contributed by atoms with E-state index in [1.165, 1.54) is 0 Å². The SMILES string of the molecule is CC1([P+]([O-])([O-])[O-])OP(=O)(O)C(C)([P+]([O-])([O-])[O-])OP1(=O)O. The third-order valence-electron chi connectivity index (χ3n) is 2.66. The molecule has 0 aromatic heterocycles. The molecular formula is C4H8O12P4-4. The lowest BCUT2D eigenvalue weighted by Crippen LogP contribution is -2.57. The summed E-state index contributed by atoms with van der Waals surface area (Å²) in [5, 5.41) is -7.42. The van der Waals surface area contributed by atoms with Gasteiger partial charge in [-0.15, -0.1) is 15.9 Å². The van der Waals surface area contributed by atoms with Crippen LogP contribution in [0.15, 0.2) is 0 Å². The Morgan fingerprint density at radius 1 is 0.800 bits per heavy atom. The fraction of sp³-hybridized carbons (Fsp3) is 1.00. The number of hydrogen-bond acceptors (Lipinski definition) is 10. The van der Waals surface area contributed by atoms with Gasteiger partial charge in [-0.3, -0.25) is 18.2 Å². The summed E-state index contributed by atoms with van der Waals surface area (Å²) in [6.07, 6.45) is 0. The Balaban J connectivity index is 3.53. The fourth-order valence-corrected chi connectivity index (χ4v) is 8.10. The Bertz CT molecular complexity index is 459. The second-order valence-corrected chi connectivity index (χ2v) is 12.6. The summed E-state index contributed by atoms with van der Waals surface area (Å²) in [5.41, 5.74) is 0. The summed E-state index contributed by atoms with van der Waals surface area (Å²) in [7, 11) is -23.8. The zero-order chi connectivity index (χ0) is 16.4. The normalized spacial score (nSPS) is 47.3. The first kappa shape index (κ1) is 19.0.